The van der Waals surface area contributed by atoms with Crippen LogP contribution in [0.2, 0.25) is 0 Å². The molecule has 29 heavy (non-hydrogen) atoms. The minimum atomic E-state index is -0.686. The third-order valence-electron chi connectivity index (χ3n) is 5.40. The van der Waals surface area contributed by atoms with Crippen LogP contribution in [0.5, 0.6) is 5.75 Å². The van der Waals surface area contributed by atoms with Crippen LogP contribution in [0.15, 0.2) is 18.2 Å². The lowest BCUT2D eigenvalue weighted by molar-refractivity contribution is -0.134. The van der Waals surface area contributed by atoms with E-state index in [0.29, 0.717) is 56.1 Å². The molecule has 1 fully saturated rings. The molecule has 3 rings (SSSR count). The maximum Gasteiger partial charge on any atom is 0.268 e. The zero-order valence-electron chi connectivity index (χ0n) is 17.1. The van der Waals surface area contributed by atoms with Crippen LogP contribution < -0.4 is 9.64 Å². The molecule has 0 aliphatic carbocycles. The van der Waals surface area contributed by atoms with Gasteiger partial charge in [0.15, 0.2) is 11.9 Å². The average Bonchev–Trinajstić information content (AvgIpc) is 2.72. The second kappa shape index (κ2) is 9.37. The van der Waals surface area contributed by atoms with Crippen molar-refractivity contribution in [2.75, 3.05) is 50.8 Å². The molecule has 8 nitrogen and oxygen atoms in total. The molecule has 1 N–H and O–H groups in total. The lowest BCUT2D eigenvalue weighted by Gasteiger charge is -2.37. The number of rotatable bonds is 7. The number of piperazine rings is 1. The molecule has 0 spiro atoms. The van der Waals surface area contributed by atoms with E-state index in [4.69, 9.17) is 9.84 Å². The fourth-order valence-corrected chi connectivity index (χ4v) is 3.71. The van der Waals surface area contributed by atoms with E-state index in [0.717, 1.165) is 6.42 Å². The molecule has 2 amide bonds. The Morgan fingerprint density at radius 3 is 2.59 bits per heavy atom. The van der Waals surface area contributed by atoms with Gasteiger partial charge in [-0.15, -0.1) is 0 Å². The molecule has 1 aromatic carbocycles. The lowest BCUT2D eigenvalue weighted by atomic mass is 10.0. The number of Topliss-reactive ketones (excluding diaryl/α,β-unsaturated/α-hetero) is 1. The van der Waals surface area contributed by atoms with Crippen molar-refractivity contribution in [3.8, 4) is 5.75 Å². The zero-order valence-corrected chi connectivity index (χ0v) is 17.1. The maximum absolute atomic E-state index is 12.9. The van der Waals surface area contributed by atoms with Gasteiger partial charge in [0.05, 0.1) is 12.3 Å². The number of anilines is 1. The highest BCUT2D eigenvalue weighted by molar-refractivity contribution is 6.05. The number of amides is 2. The molecule has 1 unspecified atom stereocenters. The molecule has 1 aromatic rings. The molecule has 1 saturated heterocycles. The third-order valence-corrected chi connectivity index (χ3v) is 5.40. The topological polar surface area (TPSA) is 90.4 Å². The Morgan fingerprint density at radius 2 is 1.93 bits per heavy atom. The van der Waals surface area contributed by atoms with Crippen LogP contribution in [-0.4, -0.2) is 84.5 Å². The monoisotopic (exact) mass is 403 g/mol. The summed E-state index contributed by atoms with van der Waals surface area (Å²) in [5.74, 6) is 0.0931. The normalized spacial score (nSPS) is 19.7. The SMILES string of the molecule is CCCC(=O)c1ccc2c(c1)N(CC(=O)N1CCN(CCO)CC1)C(=O)C(C)O2. The highest BCUT2D eigenvalue weighted by Crippen LogP contribution is 2.35. The van der Waals surface area contributed by atoms with E-state index in [1.54, 1.807) is 30.0 Å². The number of nitrogens with zero attached hydrogens (tertiary/aromatic N) is 3. The summed E-state index contributed by atoms with van der Waals surface area (Å²) in [5, 5.41) is 9.05. The summed E-state index contributed by atoms with van der Waals surface area (Å²) in [4.78, 5) is 43.2. The number of ketones is 1. The van der Waals surface area contributed by atoms with Gasteiger partial charge in [0, 0.05) is 44.7 Å². The predicted molar refractivity (Wildman–Crippen MR) is 108 cm³/mol. The Labute approximate surface area is 171 Å². The first kappa shape index (κ1) is 21.3. The quantitative estimate of drug-likeness (QED) is 0.681. The fraction of sp³-hybridized carbons (Fsp3) is 0.571. The molecule has 0 aromatic heterocycles. The number of carbonyl (C=O) groups excluding carboxylic acids is 3. The van der Waals surface area contributed by atoms with Crippen molar-refractivity contribution >= 4 is 23.3 Å². The molecule has 1 atom stereocenters. The summed E-state index contributed by atoms with van der Waals surface area (Å²) in [7, 11) is 0. The molecule has 0 saturated carbocycles. The van der Waals surface area contributed by atoms with Crippen molar-refractivity contribution in [2.45, 2.75) is 32.8 Å². The van der Waals surface area contributed by atoms with E-state index in [1.807, 2.05) is 6.92 Å². The van der Waals surface area contributed by atoms with Crippen molar-refractivity contribution in [1.29, 1.82) is 0 Å². The van der Waals surface area contributed by atoms with Gasteiger partial charge in [-0.05, 0) is 31.5 Å². The molecule has 0 bridgehead atoms. The van der Waals surface area contributed by atoms with Crippen LogP contribution in [0.3, 0.4) is 0 Å². The van der Waals surface area contributed by atoms with Crippen molar-refractivity contribution in [1.82, 2.24) is 9.80 Å². The average molecular weight is 403 g/mol. The van der Waals surface area contributed by atoms with Crippen LogP contribution in [0.4, 0.5) is 5.69 Å². The lowest BCUT2D eigenvalue weighted by Crippen LogP contribution is -2.54. The number of aliphatic hydroxyl groups is 1. The van der Waals surface area contributed by atoms with Crippen LogP contribution in [0, 0.1) is 0 Å². The second-order valence-electron chi connectivity index (χ2n) is 7.49. The number of hydrogen-bond donors (Lipinski definition) is 1. The number of benzene rings is 1. The van der Waals surface area contributed by atoms with E-state index >= 15 is 0 Å². The minimum absolute atomic E-state index is 0.00709. The van der Waals surface area contributed by atoms with E-state index in [1.165, 1.54) is 4.90 Å². The van der Waals surface area contributed by atoms with Crippen LogP contribution >= 0.6 is 0 Å². The molecule has 2 aliphatic rings. The fourth-order valence-electron chi connectivity index (χ4n) is 3.71. The zero-order chi connectivity index (χ0) is 21.0. The molecule has 2 aliphatic heterocycles. The van der Waals surface area contributed by atoms with E-state index in [2.05, 4.69) is 4.90 Å². The van der Waals surface area contributed by atoms with Crippen molar-refractivity contribution < 1.29 is 24.2 Å². The Kier molecular flexibility index (Phi) is 6.87. The highest BCUT2D eigenvalue weighted by Gasteiger charge is 2.34. The molecular weight excluding hydrogens is 374 g/mol. The van der Waals surface area contributed by atoms with Crippen molar-refractivity contribution in [3.63, 3.8) is 0 Å². The Balaban J connectivity index is 1.76. The number of aliphatic hydroxyl groups excluding tert-OH is 1. The number of β-amino-alcohol motifs (C(OH)–C–C–N with tert-alkyl or cyclic N) is 1. The Morgan fingerprint density at radius 1 is 1.21 bits per heavy atom. The molecule has 158 valence electrons. The van der Waals surface area contributed by atoms with Crippen LogP contribution in [-0.2, 0) is 9.59 Å². The minimum Gasteiger partial charge on any atom is -0.479 e. The molecular formula is C21H29N3O5. The summed E-state index contributed by atoms with van der Waals surface area (Å²) in [5.41, 5.74) is 0.994. The molecule has 2 heterocycles. The Hall–Kier alpha value is -2.45. The summed E-state index contributed by atoms with van der Waals surface area (Å²) in [6.45, 7) is 6.75. The van der Waals surface area contributed by atoms with E-state index in [-0.39, 0.29) is 30.7 Å². The first-order valence-corrected chi connectivity index (χ1v) is 10.2. The summed E-state index contributed by atoms with van der Waals surface area (Å²) < 4.78 is 5.68. The van der Waals surface area contributed by atoms with E-state index < -0.39 is 6.10 Å². The largest absolute Gasteiger partial charge is 0.479 e. The standard InChI is InChI=1S/C21H29N3O5/c1-3-4-18(26)16-5-6-19-17(13-16)24(21(28)15(2)29-19)14-20(27)23-9-7-22(8-10-23)11-12-25/h5-6,13,15,25H,3-4,7-12,14H2,1-2H3. The summed E-state index contributed by atoms with van der Waals surface area (Å²) in [6, 6.07) is 5.07. The van der Waals surface area contributed by atoms with Crippen LogP contribution in [0.25, 0.3) is 0 Å². The summed E-state index contributed by atoms with van der Waals surface area (Å²) in [6.07, 6.45) is 0.488. The van der Waals surface area contributed by atoms with Gasteiger partial charge >= 0.3 is 0 Å². The number of ether oxygens (including phenoxy) is 1. The molecule has 0 radical (unpaired) electrons. The van der Waals surface area contributed by atoms with Gasteiger partial charge in [-0.1, -0.05) is 6.92 Å². The van der Waals surface area contributed by atoms with Crippen molar-refractivity contribution in [2.24, 2.45) is 0 Å². The molecule has 8 heteroatoms. The number of fused-ring (bicyclic) bond motifs is 1. The van der Waals surface area contributed by atoms with Gasteiger partial charge in [-0.3, -0.25) is 24.2 Å². The van der Waals surface area contributed by atoms with E-state index in [9.17, 15) is 14.4 Å². The number of hydrogen-bond acceptors (Lipinski definition) is 6. The maximum atomic E-state index is 12.9. The van der Waals surface area contributed by atoms with Gasteiger partial charge in [0.1, 0.15) is 12.3 Å². The highest BCUT2D eigenvalue weighted by atomic mass is 16.5. The van der Waals surface area contributed by atoms with Gasteiger partial charge in [-0.25, -0.2) is 0 Å². The predicted octanol–water partition coefficient (Wildman–Crippen LogP) is 0.920. The van der Waals surface area contributed by atoms with Gasteiger partial charge in [0.2, 0.25) is 5.91 Å². The number of carbonyl (C=O) groups is 3. The smallest absolute Gasteiger partial charge is 0.268 e. The second-order valence-corrected chi connectivity index (χ2v) is 7.49. The Bertz CT molecular complexity index is 774. The van der Waals surface area contributed by atoms with Crippen molar-refractivity contribution in [3.05, 3.63) is 23.8 Å². The first-order valence-electron chi connectivity index (χ1n) is 10.2. The first-order chi connectivity index (χ1) is 13.9. The van der Waals surface area contributed by atoms with Gasteiger partial charge in [0.25, 0.3) is 5.91 Å². The summed E-state index contributed by atoms with van der Waals surface area (Å²) >= 11 is 0. The third kappa shape index (κ3) is 4.76. The van der Waals surface area contributed by atoms with Gasteiger partial charge < -0.3 is 14.7 Å². The van der Waals surface area contributed by atoms with Gasteiger partial charge in [-0.2, -0.15) is 0 Å². The van der Waals surface area contributed by atoms with Crippen LogP contribution in [0.1, 0.15) is 37.0 Å².